The average Bonchev–Trinajstić information content (AvgIpc) is 3.44. The zero-order valence-electron chi connectivity index (χ0n) is 13.2. The minimum Gasteiger partial charge on any atom is -0.331 e. The minimum absolute atomic E-state index is 0.0817. The lowest BCUT2D eigenvalue weighted by Gasteiger charge is -2.23. The van der Waals surface area contributed by atoms with Gasteiger partial charge in [-0.25, -0.2) is 4.98 Å². The molecule has 3 aromatic rings. The van der Waals surface area contributed by atoms with Gasteiger partial charge in [-0.15, -0.1) is 0 Å². The van der Waals surface area contributed by atoms with E-state index >= 15 is 0 Å². The van der Waals surface area contributed by atoms with Gasteiger partial charge in [-0.05, 0) is 48.7 Å². The molecule has 4 heteroatoms. The van der Waals surface area contributed by atoms with Crippen LogP contribution in [0.5, 0.6) is 0 Å². The van der Waals surface area contributed by atoms with E-state index in [0.29, 0.717) is 23.3 Å². The highest BCUT2D eigenvalue weighted by Crippen LogP contribution is 2.30. The highest BCUT2D eigenvalue weighted by molar-refractivity contribution is 6.29. The van der Waals surface area contributed by atoms with Gasteiger partial charge in [-0.3, -0.25) is 4.79 Å². The number of carbonyl (C=O) groups is 1. The van der Waals surface area contributed by atoms with Crippen LogP contribution in [0.1, 0.15) is 28.8 Å². The SMILES string of the molecule is O=C(c1ccc2nc(Cl)ccc2c1)N(Cc1ccccc1)C1CC1. The number of carbonyl (C=O) groups excluding carboxylic acids is 1. The Kier molecular flexibility index (Phi) is 3.95. The summed E-state index contributed by atoms with van der Waals surface area (Å²) in [5.74, 6) is 0.0817. The molecule has 24 heavy (non-hydrogen) atoms. The van der Waals surface area contributed by atoms with E-state index in [2.05, 4.69) is 17.1 Å². The summed E-state index contributed by atoms with van der Waals surface area (Å²) in [5.41, 5.74) is 2.67. The van der Waals surface area contributed by atoms with Crippen molar-refractivity contribution in [3.8, 4) is 0 Å². The molecule has 0 atom stereocenters. The molecule has 0 N–H and O–H groups in total. The first-order chi connectivity index (χ1) is 11.7. The summed E-state index contributed by atoms with van der Waals surface area (Å²) >= 11 is 5.93. The summed E-state index contributed by atoms with van der Waals surface area (Å²) in [5, 5.41) is 1.39. The molecule has 1 heterocycles. The molecule has 0 unspecified atom stereocenters. The lowest BCUT2D eigenvalue weighted by Crippen LogP contribution is -2.32. The van der Waals surface area contributed by atoms with E-state index in [1.165, 1.54) is 0 Å². The second-order valence-electron chi connectivity index (χ2n) is 6.19. The maximum absolute atomic E-state index is 13.0. The first-order valence-corrected chi connectivity index (χ1v) is 8.50. The van der Waals surface area contributed by atoms with Crippen molar-refractivity contribution in [3.63, 3.8) is 0 Å². The number of rotatable bonds is 4. The zero-order valence-corrected chi connectivity index (χ0v) is 13.9. The smallest absolute Gasteiger partial charge is 0.254 e. The van der Waals surface area contributed by atoms with E-state index in [0.717, 1.165) is 29.3 Å². The van der Waals surface area contributed by atoms with E-state index in [4.69, 9.17) is 11.6 Å². The molecular weight excluding hydrogens is 320 g/mol. The van der Waals surface area contributed by atoms with Crippen molar-refractivity contribution in [2.24, 2.45) is 0 Å². The van der Waals surface area contributed by atoms with E-state index in [1.807, 2.05) is 47.4 Å². The van der Waals surface area contributed by atoms with Crippen LogP contribution in [-0.2, 0) is 6.54 Å². The first kappa shape index (κ1) is 15.2. The predicted octanol–water partition coefficient (Wildman–Crippen LogP) is 4.69. The number of hydrogen-bond donors (Lipinski definition) is 0. The van der Waals surface area contributed by atoms with Crippen LogP contribution in [0, 0.1) is 0 Å². The number of fused-ring (bicyclic) bond motifs is 1. The highest BCUT2D eigenvalue weighted by atomic mass is 35.5. The largest absolute Gasteiger partial charge is 0.331 e. The Morgan fingerprint density at radius 3 is 2.62 bits per heavy atom. The van der Waals surface area contributed by atoms with Crippen LogP contribution in [0.25, 0.3) is 10.9 Å². The molecule has 0 aliphatic heterocycles. The Labute approximate surface area is 145 Å². The van der Waals surface area contributed by atoms with Gasteiger partial charge in [-0.1, -0.05) is 41.9 Å². The van der Waals surface area contributed by atoms with Gasteiger partial charge in [0.05, 0.1) is 5.52 Å². The molecule has 4 rings (SSSR count). The van der Waals surface area contributed by atoms with E-state index < -0.39 is 0 Å². The van der Waals surface area contributed by atoms with Crippen LogP contribution in [0.15, 0.2) is 60.7 Å². The van der Waals surface area contributed by atoms with Gasteiger partial charge >= 0.3 is 0 Å². The van der Waals surface area contributed by atoms with E-state index in [-0.39, 0.29) is 5.91 Å². The molecule has 120 valence electrons. The van der Waals surface area contributed by atoms with Gasteiger partial charge < -0.3 is 4.90 Å². The Morgan fingerprint density at radius 1 is 1.08 bits per heavy atom. The molecule has 3 nitrogen and oxygen atoms in total. The topological polar surface area (TPSA) is 33.2 Å². The number of aromatic nitrogens is 1. The van der Waals surface area contributed by atoms with Crippen molar-refractivity contribution in [1.29, 1.82) is 0 Å². The van der Waals surface area contributed by atoms with Crippen molar-refractivity contribution in [2.45, 2.75) is 25.4 Å². The van der Waals surface area contributed by atoms with Gasteiger partial charge in [0.25, 0.3) is 5.91 Å². The molecular formula is C20H17ClN2O. The Hall–Kier alpha value is -2.39. The summed E-state index contributed by atoms with van der Waals surface area (Å²) in [6, 6.07) is 19.8. The normalized spacial score (nSPS) is 13.9. The van der Waals surface area contributed by atoms with Crippen LogP contribution < -0.4 is 0 Å². The molecule has 0 radical (unpaired) electrons. The van der Waals surface area contributed by atoms with Crippen molar-refractivity contribution >= 4 is 28.4 Å². The molecule has 1 amide bonds. The summed E-state index contributed by atoms with van der Waals surface area (Å²) < 4.78 is 0. The van der Waals surface area contributed by atoms with Crippen LogP contribution in [0.2, 0.25) is 5.15 Å². The lowest BCUT2D eigenvalue weighted by molar-refractivity contribution is 0.0730. The van der Waals surface area contributed by atoms with Gasteiger partial charge in [0.2, 0.25) is 0 Å². The second-order valence-corrected chi connectivity index (χ2v) is 6.58. The number of benzene rings is 2. The Morgan fingerprint density at radius 2 is 1.88 bits per heavy atom. The molecule has 2 aromatic carbocycles. The third-order valence-corrected chi connectivity index (χ3v) is 4.56. The standard InChI is InChI=1S/C20H17ClN2O/c21-19-11-7-15-12-16(6-10-18(15)22-19)20(24)23(17-8-9-17)13-14-4-2-1-3-5-14/h1-7,10-12,17H,8-9,13H2. The summed E-state index contributed by atoms with van der Waals surface area (Å²) in [4.78, 5) is 19.3. The van der Waals surface area contributed by atoms with Gasteiger partial charge in [0.1, 0.15) is 5.15 Å². The number of nitrogens with zero attached hydrogens (tertiary/aromatic N) is 2. The average molecular weight is 337 g/mol. The quantitative estimate of drug-likeness (QED) is 0.647. The van der Waals surface area contributed by atoms with E-state index in [1.54, 1.807) is 6.07 Å². The third kappa shape index (κ3) is 3.13. The fourth-order valence-electron chi connectivity index (χ4n) is 2.93. The van der Waals surface area contributed by atoms with Gasteiger partial charge in [-0.2, -0.15) is 0 Å². The lowest BCUT2D eigenvalue weighted by atomic mass is 10.1. The third-order valence-electron chi connectivity index (χ3n) is 4.35. The van der Waals surface area contributed by atoms with Gasteiger partial charge in [0.15, 0.2) is 0 Å². The molecule has 0 saturated heterocycles. The summed E-state index contributed by atoms with van der Waals surface area (Å²) in [7, 11) is 0. The minimum atomic E-state index is 0.0817. The number of halogens is 1. The molecule has 1 aromatic heterocycles. The highest BCUT2D eigenvalue weighted by Gasteiger charge is 2.33. The molecule has 1 fully saturated rings. The zero-order chi connectivity index (χ0) is 16.5. The van der Waals surface area contributed by atoms with Crippen LogP contribution in [0.4, 0.5) is 0 Å². The number of pyridine rings is 1. The fourth-order valence-corrected chi connectivity index (χ4v) is 3.09. The molecule has 1 aliphatic carbocycles. The van der Waals surface area contributed by atoms with E-state index in [9.17, 15) is 4.79 Å². The second kappa shape index (κ2) is 6.25. The first-order valence-electron chi connectivity index (χ1n) is 8.12. The van der Waals surface area contributed by atoms with Crippen LogP contribution in [0.3, 0.4) is 0 Å². The maximum atomic E-state index is 13.0. The molecule has 0 spiro atoms. The maximum Gasteiger partial charge on any atom is 0.254 e. The van der Waals surface area contributed by atoms with Crippen molar-refractivity contribution < 1.29 is 4.79 Å². The molecule has 1 saturated carbocycles. The fraction of sp³-hybridized carbons (Fsp3) is 0.200. The Balaban J connectivity index is 1.63. The van der Waals surface area contributed by atoms with Gasteiger partial charge in [0, 0.05) is 23.5 Å². The Bertz CT molecular complexity index is 891. The predicted molar refractivity (Wildman–Crippen MR) is 96.1 cm³/mol. The van der Waals surface area contributed by atoms with Crippen molar-refractivity contribution in [1.82, 2.24) is 9.88 Å². The van der Waals surface area contributed by atoms with Crippen molar-refractivity contribution in [3.05, 3.63) is 76.9 Å². The number of hydrogen-bond acceptors (Lipinski definition) is 2. The number of amides is 1. The molecule has 1 aliphatic rings. The van der Waals surface area contributed by atoms with Crippen LogP contribution >= 0.6 is 11.6 Å². The summed E-state index contributed by atoms with van der Waals surface area (Å²) in [6.07, 6.45) is 2.17. The molecule has 0 bridgehead atoms. The van der Waals surface area contributed by atoms with Crippen LogP contribution in [-0.4, -0.2) is 21.8 Å². The summed E-state index contributed by atoms with van der Waals surface area (Å²) in [6.45, 7) is 0.654. The monoisotopic (exact) mass is 336 g/mol. The van der Waals surface area contributed by atoms with Crippen molar-refractivity contribution in [2.75, 3.05) is 0 Å².